The summed E-state index contributed by atoms with van der Waals surface area (Å²) in [7, 11) is 1.57. The van der Waals surface area contributed by atoms with Gasteiger partial charge in [0.25, 0.3) is 0 Å². The molecule has 2 N–H and O–H groups in total. The Kier molecular flexibility index (Phi) is 17.0. The lowest BCUT2D eigenvalue weighted by molar-refractivity contribution is 0.0124. The van der Waals surface area contributed by atoms with Gasteiger partial charge in [-0.3, -0.25) is 0 Å². The normalized spacial score (nSPS) is 22.9. The van der Waals surface area contributed by atoms with E-state index in [1.54, 1.807) is 26.4 Å². The second-order valence-corrected chi connectivity index (χ2v) is 23.4. The lowest BCUT2D eigenvalue weighted by atomic mass is 9.68. The molecule has 0 aliphatic carbocycles. The number of methoxy groups -OCH3 is 2. The molecule has 0 spiro atoms. The zero-order chi connectivity index (χ0) is 47.9. The highest BCUT2D eigenvalue weighted by Crippen LogP contribution is 2.52. The molecule has 0 radical (unpaired) electrons. The van der Waals surface area contributed by atoms with Crippen molar-refractivity contribution >= 4 is 31.0 Å². The topological polar surface area (TPSA) is 134 Å². The molecule has 4 aromatic carbocycles. The average Bonchev–Trinajstić information content (AvgIpc) is 3.43. The SMILES string of the molecule is CCCCC1(CCCC)CS(=O)(=O)c2ccc(N(C)CCCCCC3(CCCC)CS(=O)(=O)c4ccc(N(C)C)cc4[C@H](c4ccc(OC)cc4)[C@@H]3O)cc2[C@@H](c2ccc(OC)cc2)[C@H]1O. The van der Waals surface area contributed by atoms with Gasteiger partial charge < -0.3 is 29.5 Å². The highest BCUT2D eigenvalue weighted by atomic mass is 32.2. The summed E-state index contributed by atoms with van der Waals surface area (Å²) in [5, 5.41) is 25.5. The van der Waals surface area contributed by atoms with Crippen molar-refractivity contribution in [1.29, 1.82) is 0 Å². The molecule has 6 rings (SSSR count). The Labute approximate surface area is 396 Å². The lowest BCUT2D eigenvalue weighted by Gasteiger charge is -2.40. The summed E-state index contributed by atoms with van der Waals surface area (Å²) in [4.78, 5) is 4.68. The summed E-state index contributed by atoms with van der Waals surface area (Å²) >= 11 is 0. The van der Waals surface area contributed by atoms with E-state index in [-0.39, 0.29) is 21.3 Å². The molecule has 12 heteroatoms. The lowest BCUT2D eigenvalue weighted by Crippen LogP contribution is -2.43. The summed E-state index contributed by atoms with van der Waals surface area (Å²) < 4.78 is 69.1. The van der Waals surface area contributed by atoms with Gasteiger partial charge in [-0.1, -0.05) is 96.4 Å². The van der Waals surface area contributed by atoms with Crippen LogP contribution in [0.4, 0.5) is 11.4 Å². The third-order valence-electron chi connectivity index (χ3n) is 14.8. The van der Waals surface area contributed by atoms with Crippen LogP contribution in [0.2, 0.25) is 0 Å². The molecule has 0 fully saturated rings. The van der Waals surface area contributed by atoms with Gasteiger partial charge in [-0.15, -0.1) is 0 Å². The Hall–Kier alpha value is -4.10. The van der Waals surface area contributed by atoms with Crippen molar-refractivity contribution < 1.29 is 36.5 Å². The van der Waals surface area contributed by atoms with Crippen LogP contribution in [-0.2, 0) is 19.7 Å². The number of benzene rings is 4. The van der Waals surface area contributed by atoms with Crippen LogP contribution < -0.4 is 19.3 Å². The Balaban J connectivity index is 1.27. The third-order valence-corrected chi connectivity index (χ3v) is 18.8. The Morgan fingerprint density at radius 2 is 0.939 bits per heavy atom. The first kappa shape index (κ1) is 51.3. The molecule has 4 aromatic rings. The van der Waals surface area contributed by atoms with E-state index in [0.29, 0.717) is 54.9 Å². The van der Waals surface area contributed by atoms with E-state index < -0.39 is 54.5 Å². The molecular weight excluding hydrogens is 869 g/mol. The van der Waals surface area contributed by atoms with Crippen LogP contribution in [0.15, 0.2) is 94.7 Å². The predicted octanol–water partition coefficient (Wildman–Crippen LogP) is 10.6. The fourth-order valence-electron chi connectivity index (χ4n) is 11.0. The summed E-state index contributed by atoms with van der Waals surface area (Å²) in [6.45, 7) is 7.00. The molecule has 0 amide bonds. The van der Waals surface area contributed by atoms with E-state index in [1.165, 1.54) is 0 Å². The number of nitrogens with zero attached hydrogens (tertiary/aromatic N) is 2. The molecule has 5 atom stereocenters. The van der Waals surface area contributed by atoms with Gasteiger partial charge in [0, 0.05) is 61.7 Å². The minimum Gasteiger partial charge on any atom is -0.497 e. The maximum Gasteiger partial charge on any atom is 0.179 e. The van der Waals surface area contributed by atoms with Crippen LogP contribution in [0.5, 0.6) is 11.5 Å². The van der Waals surface area contributed by atoms with Crippen molar-refractivity contribution in [2.45, 2.75) is 138 Å². The quantitative estimate of drug-likeness (QED) is 0.0778. The summed E-state index contributed by atoms with van der Waals surface area (Å²) in [6, 6.07) is 26.4. The number of unbranched alkanes of at least 4 members (excludes halogenated alkanes) is 5. The molecule has 0 aromatic heterocycles. The van der Waals surface area contributed by atoms with Crippen LogP contribution in [0, 0.1) is 10.8 Å². The van der Waals surface area contributed by atoms with Gasteiger partial charge in [-0.25, -0.2) is 16.8 Å². The first-order valence-electron chi connectivity index (χ1n) is 24.3. The molecule has 2 aliphatic rings. The van der Waals surface area contributed by atoms with Crippen molar-refractivity contribution in [2.75, 3.05) is 63.2 Å². The fraction of sp³-hybridized carbons (Fsp3) is 0.556. The van der Waals surface area contributed by atoms with E-state index in [2.05, 4.69) is 25.7 Å². The smallest absolute Gasteiger partial charge is 0.179 e. The molecule has 0 saturated heterocycles. The largest absolute Gasteiger partial charge is 0.497 e. The van der Waals surface area contributed by atoms with Crippen LogP contribution in [-0.4, -0.2) is 92.7 Å². The van der Waals surface area contributed by atoms with Crippen molar-refractivity contribution in [3.63, 3.8) is 0 Å². The van der Waals surface area contributed by atoms with Gasteiger partial charge >= 0.3 is 0 Å². The number of aliphatic hydroxyl groups is 2. The number of sulfone groups is 2. The molecule has 1 unspecified atom stereocenters. The van der Waals surface area contributed by atoms with E-state index in [9.17, 15) is 27.0 Å². The molecule has 2 aliphatic heterocycles. The van der Waals surface area contributed by atoms with E-state index in [4.69, 9.17) is 9.47 Å². The van der Waals surface area contributed by atoms with Crippen molar-refractivity contribution in [3.8, 4) is 11.5 Å². The van der Waals surface area contributed by atoms with E-state index >= 15 is 0 Å². The maximum atomic E-state index is 14.6. The molecule has 10 nitrogen and oxygen atoms in total. The average molecular weight is 945 g/mol. The second-order valence-electron chi connectivity index (χ2n) is 19.5. The third kappa shape index (κ3) is 10.9. The predicted molar refractivity (Wildman–Crippen MR) is 268 cm³/mol. The Morgan fingerprint density at radius 3 is 1.33 bits per heavy atom. The molecule has 66 heavy (non-hydrogen) atoms. The summed E-state index contributed by atoms with van der Waals surface area (Å²) in [5.41, 5.74) is 3.01. The van der Waals surface area contributed by atoms with Gasteiger partial charge in [0.05, 0.1) is 47.7 Å². The highest BCUT2D eigenvalue weighted by Gasteiger charge is 2.51. The van der Waals surface area contributed by atoms with Gasteiger partial charge in [0.1, 0.15) is 11.5 Å². The van der Waals surface area contributed by atoms with E-state index in [0.717, 1.165) is 80.3 Å². The summed E-state index contributed by atoms with van der Waals surface area (Å²) in [6.07, 6.45) is 8.00. The molecule has 0 bridgehead atoms. The molecule has 0 saturated carbocycles. The van der Waals surface area contributed by atoms with Crippen LogP contribution in [0.1, 0.15) is 138 Å². The number of hydrogen-bond acceptors (Lipinski definition) is 10. The standard InChI is InChI=1S/C54H76N2O8S2/c1-9-12-30-53(31-13-10-2)37-65(59,60)48-29-23-42(36-46(48)50(51(53)57)40-20-26-44(64-8)27-21-40)56(6)34-17-15-16-33-54(32-14-11-3)38-66(61,62)47-28-22-41(55(4)5)35-45(47)49(52(54)58)39-18-24-43(63-7)25-19-39/h18-29,35-36,49-52,57-58H,9-17,30-34,37-38H2,1-8H3/t49-,50+,51+,52-,54?/m0/s1. The van der Waals surface area contributed by atoms with Crippen molar-refractivity contribution in [1.82, 2.24) is 0 Å². The Morgan fingerprint density at radius 1 is 0.545 bits per heavy atom. The molecule has 2 heterocycles. The number of fused-ring (bicyclic) bond motifs is 2. The first-order chi connectivity index (χ1) is 31.5. The number of anilines is 2. The number of ether oxygens (including phenoxy) is 2. The zero-order valence-corrected chi connectivity index (χ0v) is 42.4. The van der Waals surface area contributed by atoms with Gasteiger partial charge in [-0.2, -0.15) is 0 Å². The fourth-order valence-corrected chi connectivity index (χ4v) is 15.3. The van der Waals surface area contributed by atoms with Gasteiger partial charge in [0.15, 0.2) is 19.7 Å². The Bertz CT molecular complexity index is 2430. The number of aliphatic hydroxyl groups excluding tert-OH is 2. The van der Waals surface area contributed by atoms with Gasteiger partial charge in [0.2, 0.25) is 0 Å². The number of rotatable bonds is 21. The monoisotopic (exact) mass is 945 g/mol. The first-order valence-corrected chi connectivity index (χ1v) is 27.6. The van der Waals surface area contributed by atoms with Gasteiger partial charge in [-0.05, 0) is 115 Å². The van der Waals surface area contributed by atoms with Crippen molar-refractivity contribution in [3.05, 3.63) is 107 Å². The highest BCUT2D eigenvalue weighted by molar-refractivity contribution is 7.91. The molecule has 362 valence electrons. The number of hydrogen-bond donors (Lipinski definition) is 2. The maximum absolute atomic E-state index is 14.6. The minimum atomic E-state index is -3.78. The van der Waals surface area contributed by atoms with E-state index in [1.807, 2.05) is 98.8 Å². The summed E-state index contributed by atoms with van der Waals surface area (Å²) in [5.74, 6) is 0.0471. The zero-order valence-electron chi connectivity index (χ0n) is 40.8. The van der Waals surface area contributed by atoms with Crippen LogP contribution in [0.3, 0.4) is 0 Å². The second kappa shape index (κ2) is 21.9. The van der Waals surface area contributed by atoms with Crippen LogP contribution >= 0.6 is 0 Å². The van der Waals surface area contributed by atoms with Crippen LogP contribution in [0.25, 0.3) is 0 Å². The van der Waals surface area contributed by atoms with Crippen molar-refractivity contribution in [2.24, 2.45) is 10.8 Å². The minimum absolute atomic E-state index is 0.0875. The molecular formula is C54H76N2O8S2.